The first-order chi connectivity index (χ1) is 6.16. The molecule has 1 aromatic carbocycles. The van der Waals surface area contributed by atoms with Gasteiger partial charge < -0.3 is 10.2 Å². The van der Waals surface area contributed by atoms with Gasteiger partial charge in [0.25, 0.3) is 0 Å². The number of phenolic OH excluding ortho intramolecular Hbond substituents is 2. The van der Waals surface area contributed by atoms with Crippen molar-refractivity contribution in [3.05, 3.63) is 30.1 Å². The molecule has 0 atom stereocenters. The van der Waals surface area contributed by atoms with E-state index in [1.165, 1.54) is 6.07 Å². The number of H-pyrrole nitrogens is 1. The Morgan fingerprint density at radius 1 is 1.00 bits per heavy atom. The highest BCUT2D eigenvalue weighted by atomic mass is 16.3. The summed E-state index contributed by atoms with van der Waals surface area (Å²) in [6.45, 7) is 1.93. The Morgan fingerprint density at radius 2 is 1.62 bits per heavy atom. The highest BCUT2D eigenvalue weighted by Crippen LogP contribution is 2.29. The van der Waals surface area contributed by atoms with Crippen LogP contribution in [-0.4, -0.2) is 10.2 Å². The summed E-state index contributed by atoms with van der Waals surface area (Å²) in [5.74, 6) is -0.178. The third-order valence-corrected chi connectivity index (χ3v) is 2.01. The molecule has 0 saturated heterocycles. The molecule has 2 aromatic rings. The van der Waals surface area contributed by atoms with E-state index in [-0.39, 0.29) is 11.5 Å². The molecule has 0 aliphatic rings. The van der Waals surface area contributed by atoms with Gasteiger partial charge in [-0.2, -0.15) is 0 Å². The second-order valence-electron chi connectivity index (χ2n) is 3.09. The molecule has 0 radical (unpaired) electrons. The Balaban J connectivity index is 2.81. The number of nitrogens with one attached hydrogen (secondary N) is 1. The lowest BCUT2D eigenvalue weighted by Gasteiger charge is -1.99. The Labute approximate surface area is 75.3 Å². The van der Waals surface area contributed by atoms with Crippen molar-refractivity contribution in [3.8, 4) is 11.5 Å². The van der Waals surface area contributed by atoms with E-state index in [2.05, 4.69) is 4.98 Å². The van der Waals surface area contributed by atoms with Crippen molar-refractivity contribution in [2.75, 3.05) is 0 Å². The third-order valence-electron chi connectivity index (χ3n) is 2.01. The number of aromatic nitrogens is 1. The van der Waals surface area contributed by atoms with Crippen molar-refractivity contribution in [2.45, 2.75) is 6.92 Å². The van der Waals surface area contributed by atoms with E-state index < -0.39 is 0 Å². The van der Waals surface area contributed by atoms with Crippen molar-refractivity contribution in [1.29, 1.82) is 0 Å². The summed E-state index contributed by atoms with van der Waals surface area (Å²) in [4.78, 5) is 3.03. The molecule has 0 bridgehead atoms. The van der Waals surface area contributed by atoms with Crippen LogP contribution in [0, 0.1) is 6.92 Å². The lowest BCUT2D eigenvalue weighted by molar-refractivity contribution is -0.385. The number of rotatable bonds is 0. The zero-order valence-electron chi connectivity index (χ0n) is 7.20. The number of pyridine rings is 1. The van der Waals surface area contributed by atoms with E-state index in [0.29, 0.717) is 0 Å². The smallest absolute Gasteiger partial charge is 0.177 e. The number of hydrogen-bond acceptors (Lipinski definition) is 2. The standard InChI is InChI=1S/C10H9NO2/c1-6-2-7-3-9(12)10(13)4-8(7)5-11-6/h2-5,12-13H,1H3/p+1. The first-order valence-corrected chi connectivity index (χ1v) is 4.01. The molecule has 1 heterocycles. The number of fused-ring (bicyclic) bond motifs is 1. The SMILES string of the molecule is Cc1cc2cc(O)c(O)cc2c[nH+]1. The number of hydrogen-bond donors (Lipinski definition) is 2. The van der Waals surface area contributed by atoms with Crippen molar-refractivity contribution < 1.29 is 15.2 Å². The average molecular weight is 176 g/mol. The lowest BCUT2D eigenvalue weighted by atomic mass is 10.1. The average Bonchev–Trinajstić information content (AvgIpc) is 2.08. The minimum Gasteiger partial charge on any atom is -0.504 e. The van der Waals surface area contributed by atoms with Crippen LogP contribution in [0.3, 0.4) is 0 Å². The van der Waals surface area contributed by atoms with Gasteiger partial charge in [-0.15, -0.1) is 0 Å². The van der Waals surface area contributed by atoms with Crippen LogP contribution in [0.25, 0.3) is 10.8 Å². The van der Waals surface area contributed by atoms with Gasteiger partial charge in [0.1, 0.15) is 0 Å². The lowest BCUT2D eigenvalue weighted by Crippen LogP contribution is -2.04. The van der Waals surface area contributed by atoms with Gasteiger partial charge in [0.05, 0.1) is 0 Å². The molecule has 13 heavy (non-hydrogen) atoms. The van der Waals surface area contributed by atoms with Gasteiger partial charge in [0.2, 0.25) is 0 Å². The van der Waals surface area contributed by atoms with Gasteiger partial charge >= 0.3 is 0 Å². The zero-order chi connectivity index (χ0) is 9.42. The molecular weight excluding hydrogens is 166 g/mol. The molecule has 0 spiro atoms. The number of aromatic hydroxyl groups is 2. The number of aryl methyl sites for hydroxylation is 1. The van der Waals surface area contributed by atoms with E-state index in [1.54, 1.807) is 12.3 Å². The number of phenols is 2. The summed E-state index contributed by atoms with van der Waals surface area (Å²) in [6.07, 6.45) is 1.80. The maximum Gasteiger partial charge on any atom is 0.177 e. The molecule has 66 valence electrons. The maximum atomic E-state index is 9.25. The van der Waals surface area contributed by atoms with E-state index in [1.807, 2.05) is 13.0 Å². The molecule has 0 amide bonds. The second kappa shape index (κ2) is 2.62. The molecule has 0 fully saturated rings. The normalized spacial score (nSPS) is 10.5. The van der Waals surface area contributed by atoms with Gasteiger partial charge in [-0.25, -0.2) is 4.98 Å². The highest BCUT2D eigenvalue weighted by Gasteiger charge is 2.04. The number of benzene rings is 1. The summed E-state index contributed by atoms with van der Waals surface area (Å²) >= 11 is 0. The molecule has 0 aliphatic carbocycles. The van der Waals surface area contributed by atoms with E-state index in [0.717, 1.165) is 16.5 Å². The molecule has 0 unspecified atom stereocenters. The summed E-state index contributed by atoms with van der Waals surface area (Å²) in [5, 5.41) is 20.3. The second-order valence-corrected chi connectivity index (χ2v) is 3.09. The summed E-state index contributed by atoms with van der Waals surface area (Å²) in [5.41, 5.74) is 1.01. The van der Waals surface area contributed by atoms with Gasteiger partial charge in [0, 0.05) is 18.4 Å². The van der Waals surface area contributed by atoms with Crippen LogP contribution in [0.4, 0.5) is 0 Å². The molecule has 0 aliphatic heterocycles. The van der Waals surface area contributed by atoms with Gasteiger partial charge in [0.15, 0.2) is 23.4 Å². The largest absolute Gasteiger partial charge is 0.504 e. The first kappa shape index (κ1) is 7.86. The van der Waals surface area contributed by atoms with E-state index in [4.69, 9.17) is 0 Å². The van der Waals surface area contributed by atoms with E-state index >= 15 is 0 Å². The van der Waals surface area contributed by atoms with Crippen molar-refractivity contribution in [2.24, 2.45) is 0 Å². The fraction of sp³-hybridized carbons (Fsp3) is 0.100. The van der Waals surface area contributed by atoms with Crippen LogP contribution in [-0.2, 0) is 0 Å². The Hall–Kier alpha value is -1.77. The quantitative estimate of drug-likeness (QED) is 0.596. The van der Waals surface area contributed by atoms with Crippen molar-refractivity contribution in [3.63, 3.8) is 0 Å². The predicted octanol–water partition coefficient (Wildman–Crippen LogP) is 1.37. The van der Waals surface area contributed by atoms with E-state index in [9.17, 15) is 10.2 Å². The van der Waals surface area contributed by atoms with Crippen molar-refractivity contribution >= 4 is 10.8 Å². The van der Waals surface area contributed by atoms with Crippen LogP contribution in [0.5, 0.6) is 11.5 Å². The maximum absolute atomic E-state index is 9.25. The van der Waals surface area contributed by atoms with Crippen molar-refractivity contribution in [1.82, 2.24) is 0 Å². The van der Waals surface area contributed by atoms with Crippen LogP contribution in [0.15, 0.2) is 24.4 Å². The minimum atomic E-state index is -0.0928. The zero-order valence-corrected chi connectivity index (χ0v) is 7.20. The Morgan fingerprint density at radius 3 is 2.31 bits per heavy atom. The molecule has 2 rings (SSSR count). The first-order valence-electron chi connectivity index (χ1n) is 4.01. The van der Waals surface area contributed by atoms with Crippen LogP contribution >= 0.6 is 0 Å². The van der Waals surface area contributed by atoms with Crippen LogP contribution < -0.4 is 4.98 Å². The molecule has 3 heteroatoms. The van der Waals surface area contributed by atoms with Gasteiger partial charge in [-0.1, -0.05) is 0 Å². The minimum absolute atomic E-state index is 0.0851. The molecule has 0 saturated carbocycles. The Bertz CT molecular complexity index is 466. The predicted molar refractivity (Wildman–Crippen MR) is 48.6 cm³/mol. The summed E-state index contributed by atoms with van der Waals surface area (Å²) in [6, 6.07) is 4.99. The summed E-state index contributed by atoms with van der Waals surface area (Å²) in [7, 11) is 0. The fourth-order valence-corrected chi connectivity index (χ4v) is 1.33. The monoisotopic (exact) mass is 176 g/mol. The molecule has 1 aromatic heterocycles. The topological polar surface area (TPSA) is 54.6 Å². The van der Waals surface area contributed by atoms with Gasteiger partial charge in [-0.05, 0) is 17.5 Å². The molecule has 3 nitrogen and oxygen atoms in total. The highest BCUT2D eigenvalue weighted by molar-refractivity contribution is 5.84. The third kappa shape index (κ3) is 1.28. The fourth-order valence-electron chi connectivity index (χ4n) is 1.33. The van der Waals surface area contributed by atoms with Gasteiger partial charge in [-0.3, -0.25) is 0 Å². The van der Waals surface area contributed by atoms with Crippen LogP contribution in [0.1, 0.15) is 5.69 Å². The number of aromatic amines is 1. The molecule has 3 N–H and O–H groups in total. The molecular formula is C10H10NO2+. The Kier molecular flexibility index (Phi) is 1.59. The van der Waals surface area contributed by atoms with Crippen LogP contribution in [0.2, 0.25) is 0 Å². The summed E-state index contributed by atoms with van der Waals surface area (Å²) < 4.78 is 0.